The molecule has 0 radical (unpaired) electrons. The number of anilines is 2. The van der Waals surface area contributed by atoms with Crippen molar-refractivity contribution >= 4 is 34.8 Å². The summed E-state index contributed by atoms with van der Waals surface area (Å²) in [6, 6.07) is 22.7. The molecule has 0 N–H and O–H groups in total. The van der Waals surface area contributed by atoms with Crippen molar-refractivity contribution in [1.82, 2.24) is 0 Å². The second kappa shape index (κ2) is 8.56. The summed E-state index contributed by atoms with van der Waals surface area (Å²) < 4.78 is 0. The number of rotatable bonds is 3. The Morgan fingerprint density at radius 2 is 1.68 bits per heavy atom. The van der Waals surface area contributed by atoms with Gasteiger partial charge in [-0.25, -0.2) is 0 Å². The zero-order chi connectivity index (χ0) is 22.1. The smallest absolute Gasteiger partial charge is 0.258 e. The van der Waals surface area contributed by atoms with Gasteiger partial charge in [-0.1, -0.05) is 48.0 Å². The standard InChI is InChI=1S/C26H25ClN2O2/c1-17-15-20(27)13-14-22(17)26(31)28-18(2)16-25(23-11-7-8-12-24(23)28)29(19(3)30)21-9-5-4-6-10-21/h4-15,18,25H,16H2,1-3H3. The number of para-hydroxylation sites is 2. The summed E-state index contributed by atoms with van der Waals surface area (Å²) in [5, 5.41) is 0.612. The topological polar surface area (TPSA) is 40.6 Å². The molecule has 0 saturated carbocycles. The zero-order valence-corrected chi connectivity index (χ0v) is 18.6. The van der Waals surface area contributed by atoms with Gasteiger partial charge in [-0.15, -0.1) is 0 Å². The fourth-order valence-electron chi connectivity index (χ4n) is 4.50. The molecule has 4 nitrogen and oxygen atoms in total. The highest BCUT2D eigenvalue weighted by atomic mass is 35.5. The largest absolute Gasteiger partial charge is 0.305 e. The summed E-state index contributed by atoms with van der Waals surface area (Å²) >= 11 is 6.10. The number of hydrogen-bond donors (Lipinski definition) is 0. The van der Waals surface area contributed by atoms with Crippen LogP contribution in [0.4, 0.5) is 11.4 Å². The van der Waals surface area contributed by atoms with E-state index in [1.54, 1.807) is 19.1 Å². The third kappa shape index (κ3) is 3.96. The van der Waals surface area contributed by atoms with Gasteiger partial charge in [0.2, 0.25) is 5.91 Å². The van der Waals surface area contributed by atoms with E-state index >= 15 is 0 Å². The average Bonchev–Trinajstić information content (AvgIpc) is 2.74. The Hall–Kier alpha value is -3.11. The molecule has 4 rings (SSSR count). The Morgan fingerprint density at radius 1 is 1.00 bits per heavy atom. The molecule has 5 heteroatoms. The third-order valence-corrected chi connectivity index (χ3v) is 6.12. The van der Waals surface area contributed by atoms with Crippen LogP contribution in [0.3, 0.4) is 0 Å². The molecule has 0 aromatic heterocycles. The van der Waals surface area contributed by atoms with Gasteiger partial charge in [-0.3, -0.25) is 9.59 Å². The monoisotopic (exact) mass is 432 g/mol. The second-order valence-electron chi connectivity index (χ2n) is 8.02. The van der Waals surface area contributed by atoms with Gasteiger partial charge in [0.15, 0.2) is 0 Å². The average molecular weight is 433 g/mol. The molecule has 3 aromatic rings. The lowest BCUT2D eigenvalue weighted by Gasteiger charge is -2.43. The van der Waals surface area contributed by atoms with Gasteiger partial charge >= 0.3 is 0 Å². The highest BCUT2D eigenvalue weighted by Crippen LogP contribution is 2.42. The Balaban J connectivity index is 1.79. The number of halogens is 1. The van der Waals surface area contributed by atoms with Crippen LogP contribution in [0, 0.1) is 6.92 Å². The van der Waals surface area contributed by atoms with Crippen molar-refractivity contribution in [2.45, 2.75) is 39.3 Å². The quantitative estimate of drug-likeness (QED) is 0.495. The lowest BCUT2D eigenvalue weighted by Crippen LogP contribution is -2.47. The van der Waals surface area contributed by atoms with E-state index in [0.717, 1.165) is 22.5 Å². The molecule has 1 aliphatic rings. The lowest BCUT2D eigenvalue weighted by molar-refractivity contribution is -0.117. The Labute approximate surface area is 188 Å². The molecule has 0 bridgehead atoms. The van der Waals surface area contributed by atoms with Crippen LogP contribution in [-0.4, -0.2) is 17.9 Å². The van der Waals surface area contributed by atoms with E-state index in [9.17, 15) is 9.59 Å². The summed E-state index contributed by atoms with van der Waals surface area (Å²) in [5.41, 5.74) is 4.15. The van der Waals surface area contributed by atoms with E-state index in [0.29, 0.717) is 17.0 Å². The van der Waals surface area contributed by atoms with E-state index in [1.165, 1.54) is 0 Å². The molecule has 158 valence electrons. The minimum Gasteiger partial charge on any atom is -0.305 e. The molecule has 0 spiro atoms. The van der Waals surface area contributed by atoms with Crippen molar-refractivity contribution in [3.05, 3.63) is 94.5 Å². The summed E-state index contributed by atoms with van der Waals surface area (Å²) in [6.45, 7) is 5.53. The first-order valence-corrected chi connectivity index (χ1v) is 10.8. The summed E-state index contributed by atoms with van der Waals surface area (Å²) in [5.74, 6) is -0.0758. The molecule has 0 saturated heterocycles. The Bertz CT molecular complexity index is 1130. The summed E-state index contributed by atoms with van der Waals surface area (Å²) in [4.78, 5) is 30.0. The number of fused-ring (bicyclic) bond motifs is 1. The number of carbonyl (C=O) groups is 2. The fourth-order valence-corrected chi connectivity index (χ4v) is 4.73. The molecule has 1 heterocycles. The maximum Gasteiger partial charge on any atom is 0.258 e. The van der Waals surface area contributed by atoms with Crippen molar-refractivity contribution < 1.29 is 9.59 Å². The normalized spacial score (nSPS) is 17.7. The number of benzene rings is 3. The van der Waals surface area contributed by atoms with Crippen LogP contribution in [0.2, 0.25) is 5.02 Å². The van der Waals surface area contributed by atoms with Crippen LogP contribution in [0.5, 0.6) is 0 Å². The van der Waals surface area contributed by atoms with Gasteiger partial charge in [-0.2, -0.15) is 0 Å². The maximum atomic E-state index is 13.6. The van der Waals surface area contributed by atoms with Crippen LogP contribution in [0.15, 0.2) is 72.8 Å². The fraction of sp³-hybridized carbons (Fsp3) is 0.231. The van der Waals surface area contributed by atoms with Crippen molar-refractivity contribution in [2.75, 3.05) is 9.80 Å². The van der Waals surface area contributed by atoms with Crippen molar-refractivity contribution in [1.29, 1.82) is 0 Å². The van der Waals surface area contributed by atoms with Crippen LogP contribution in [0.25, 0.3) is 0 Å². The molecule has 31 heavy (non-hydrogen) atoms. The number of carbonyl (C=O) groups excluding carboxylic acids is 2. The molecule has 3 aromatic carbocycles. The van der Waals surface area contributed by atoms with Crippen LogP contribution in [-0.2, 0) is 4.79 Å². The van der Waals surface area contributed by atoms with Crippen molar-refractivity contribution in [3.8, 4) is 0 Å². The molecule has 2 unspecified atom stereocenters. The van der Waals surface area contributed by atoms with E-state index in [-0.39, 0.29) is 23.9 Å². The zero-order valence-electron chi connectivity index (χ0n) is 17.9. The van der Waals surface area contributed by atoms with Gasteiger partial charge in [-0.05, 0) is 67.8 Å². The highest BCUT2D eigenvalue weighted by molar-refractivity contribution is 6.30. The summed E-state index contributed by atoms with van der Waals surface area (Å²) in [7, 11) is 0. The van der Waals surface area contributed by atoms with E-state index in [2.05, 4.69) is 0 Å². The minimum atomic E-state index is -0.151. The van der Waals surface area contributed by atoms with Crippen molar-refractivity contribution in [2.24, 2.45) is 0 Å². The predicted molar refractivity (Wildman–Crippen MR) is 126 cm³/mol. The first-order valence-electron chi connectivity index (χ1n) is 10.4. The minimum absolute atomic E-state index is 0.0217. The molecular weight excluding hydrogens is 408 g/mol. The van der Waals surface area contributed by atoms with Gasteiger partial charge in [0, 0.05) is 34.9 Å². The van der Waals surface area contributed by atoms with Crippen LogP contribution in [0.1, 0.15) is 47.8 Å². The Morgan fingerprint density at radius 3 is 2.35 bits per heavy atom. The van der Waals surface area contributed by atoms with Crippen LogP contribution < -0.4 is 9.80 Å². The highest BCUT2D eigenvalue weighted by Gasteiger charge is 2.38. The number of amides is 2. The van der Waals surface area contributed by atoms with Crippen LogP contribution >= 0.6 is 11.6 Å². The molecule has 0 aliphatic carbocycles. The number of nitrogens with zero attached hydrogens (tertiary/aromatic N) is 2. The van der Waals surface area contributed by atoms with Gasteiger partial charge in [0.25, 0.3) is 5.91 Å². The van der Waals surface area contributed by atoms with Gasteiger partial charge < -0.3 is 9.80 Å². The van der Waals surface area contributed by atoms with E-state index in [1.807, 2.05) is 84.3 Å². The number of aryl methyl sites for hydroxylation is 1. The summed E-state index contributed by atoms with van der Waals surface area (Å²) in [6.07, 6.45) is 0.643. The lowest BCUT2D eigenvalue weighted by atomic mass is 9.89. The Kier molecular flexibility index (Phi) is 5.84. The molecule has 0 fully saturated rings. The molecule has 1 aliphatic heterocycles. The van der Waals surface area contributed by atoms with E-state index < -0.39 is 0 Å². The molecule has 2 atom stereocenters. The van der Waals surface area contributed by atoms with Gasteiger partial charge in [0.05, 0.1) is 6.04 Å². The van der Waals surface area contributed by atoms with E-state index in [4.69, 9.17) is 11.6 Å². The first kappa shape index (κ1) is 21.1. The number of hydrogen-bond acceptors (Lipinski definition) is 2. The van der Waals surface area contributed by atoms with Crippen molar-refractivity contribution in [3.63, 3.8) is 0 Å². The molecule has 2 amide bonds. The maximum absolute atomic E-state index is 13.6. The molecular formula is C26H25ClN2O2. The second-order valence-corrected chi connectivity index (χ2v) is 8.45. The van der Waals surface area contributed by atoms with Gasteiger partial charge in [0.1, 0.15) is 0 Å². The first-order chi connectivity index (χ1) is 14.9. The SMILES string of the molecule is CC(=O)N(c1ccccc1)C1CC(C)N(C(=O)c2ccc(Cl)cc2C)c2ccccc21. The predicted octanol–water partition coefficient (Wildman–Crippen LogP) is 6.18. The third-order valence-electron chi connectivity index (χ3n) is 5.88.